The molecule has 6 nitrogen and oxygen atoms in total. The number of carboxylic acids is 1. The molecule has 41 heavy (non-hydrogen) atoms. The molecule has 2 N–H and O–H groups in total. The molecule has 1 saturated heterocycles. The molecule has 3 heterocycles. The first kappa shape index (κ1) is 30.7. The number of thiophene rings is 2. The molecule has 16 heteroatoms. The topological polar surface area (TPSA) is 86.7 Å². The summed E-state index contributed by atoms with van der Waals surface area (Å²) in [6.07, 6.45) is -8.82. The quantitative estimate of drug-likeness (QED) is 0.151. The van der Waals surface area contributed by atoms with Crippen molar-refractivity contribution < 1.29 is 45.8 Å². The summed E-state index contributed by atoms with van der Waals surface area (Å²) in [6, 6.07) is 4.24. The highest BCUT2D eigenvalue weighted by molar-refractivity contribution is 8.26. The Hall–Kier alpha value is -3.21. The van der Waals surface area contributed by atoms with Crippen LogP contribution >= 0.6 is 46.7 Å². The molecule has 1 fully saturated rings. The van der Waals surface area contributed by atoms with Crippen LogP contribution in [0.3, 0.4) is 0 Å². The summed E-state index contributed by atoms with van der Waals surface area (Å²) in [5.74, 6) is -1.93. The Morgan fingerprint density at radius 2 is 1.61 bits per heavy atom. The number of hydrogen-bond acceptors (Lipinski definition) is 7. The summed E-state index contributed by atoms with van der Waals surface area (Å²) in [4.78, 5) is 37.8. The van der Waals surface area contributed by atoms with Crippen molar-refractivity contribution in [3.63, 3.8) is 0 Å². The smallest absolute Gasteiger partial charge is 0.416 e. The van der Waals surface area contributed by atoms with Crippen molar-refractivity contribution in [2.45, 2.75) is 25.2 Å². The monoisotopic (exact) mass is 650 g/mol. The number of thioether (sulfide) groups is 1. The van der Waals surface area contributed by atoms with E-state index in [2.05, 4.69) is 5.32 Å². The second kappa shape index (κ2) is 12.0. The lowest BCUT2D eigenvalue weighted by Crippen LogP contribution is -2.31. The number of amides is 2. The largest absolute Gasteiger partial charge is 0.481 e. The Morgan fingerprint density at radius 1 is 0.951 bits per heavy atom. The fraction of sp³-hybridized carbons (Fsp3) is 0.200. The average molecular weight is 651 g/mol. The van der Waals surface area contributed by atoms with Crippen LogP contribution in [0.2, 0.25) is 0 Å². The second-order valence-electron chi connectivity index (χ2n) is 8.55. The van der Waals surface area contributed by atoms with Gasteiger partial charge in [0.1, 0.15) is 4.32 Å². The minimum absolute atomic E-state index is 0.0403. The lowest BCUT2D eigenvalue weighted by atomic mass is 10.0. The van der Waals surface area contributed by atoms with Crippen LogP contribution in [-0.4, -0.2) is 38.7 Å². The first-order chi connectivity index (χ1) is 19.1. The number of hydrogen-bond donors (Lipinski definition) is 2. The molecule has 1 aromatic carbocycles. The predicted molar refractivity (Wildman–Crippen MR) is 149 cm³/mol. The number of anilines is 1. The third kappa shape index (κ3) is 7.75. The number of benzene rings is 1. The fourth-order valence-corrected chi connectivity index (χ4v) is 6.69. The summed E-state index contributed by atoms with van der Waals surface area (Å²) in [5, 5.41) is 14.9. The van der Waals surface area contributed by atoms with Crippen LogP contribution in [0.25, 0.3) is 17.2 Å². The maximum atomic E-state index is 13.2. The van der Waals surface area contributed by atoms with Gasteiger partial charge in [0.15, 0.2) is 0 Å². The Kier molecular flexibility index (Phi) is 8.96. The molecule has 0 atom stereocenters. The molecular formula is C25H16F6N2O4S4. The standard InChI is InChI=1S/C25H16F6N2O4S4/c26-24(27,28)15-5-13(6-16(8-15)25(29,30)31)14-7-17(39-11-14)9-18-22(37)33(23(38)41-18)2-1-19(34)32-20-3-12(10-40-20)4-21(35)36/h3,5-11H,1-2,4H2,(H,32,34)(H,35,36)/b18-9-. The first-order valence-corrected chi connectivity index (χ1v) is 14.3. The first-order valence-electron chi connectivity index (χ1n) is 11.3. The van der Waals surface area contributed by atoms with E-state index in [1.54, 1.807) is 5.38 Å². The van der Waals surface area contributed by atoms with Crippen molar-refractivity contribution in [3.8, 4) is 11.1 Å². The van der Waals surface area contributed by atoms with E-state index < -0.39 is 41.3 Å². The van der Waals surface area contributed by atoms with Gasteiger partial charge in [-0.25, -0.2) is 0 Å². The van der Waals surface area contributed by atoms with Gasteiger partial charge < -0.3 is 10.4 Å². The fourth-order valence-electron chi connectivity index (χ4n) is 3.65. The average Bonchev–Trinajstić information content (AvgIpc) is 3.57. The molecule has 4 rings (SSSR count). The van der Waals surface area contributed by atoms with Crippen LogP contribution in [-0.2, 0) is 33.2 Å². The molecule has 3 aromatic rings. The number of nitrogens with one attached hydrogen (secondary N) is 1. The van der Waals surface area contributed by atoms with E-state index >= 15 is 0 Å². The van der Waals surface area contributed by atoms with Gasteiger partial charge in [-0.15, -0.1) is 22.7 Å². The van der Waals surface area contributed by atoms with Crippen LogP contribution in [0, 0.1) is 0 Å². The van der Waals surface area contributed by atoms with Gasteiger partial charge in [-0.1, -0.05) is 24.0 Å². The SMILES string of the molecule is O=C(O)Cc1csc(NC(=O)CCN2C(=O)/C(=C/c3cc(-c4cc(C(F)(F)F)cc(C(F)(F)F)c4)cs3)SC2=S)c1. The number of carboxylic acid groups (broad SMARTS) is 1. The Balaban J connectivity index is 1.44. The van der Waals surface area contributed by atoms with Crippen LogP contribution in [0.5, 0.6) is 0 Å². The molecule has 1 aliphatic rings. The van der Waals surface area contributed by atoms with Crippen LogP contribution < -0.4 is 5.32 Å². The molecule has 0 bridgehead atoms. The predicted octanol–water partition coefficient (Wildman–Crippen LogP) is 7.37. The van der Waals surface area contributed by atoms with Crippen molar-refractivity contribution in [1.29, 1.82) is 0 Å². The van der Waals surface area contributed by atoms with Crippen molar-refractivity contribution in [2.75, 3.05) is 11.9 Å². The molecule has 216 valence electrons. The van der Waals surface area contributed by atoms with E-state index in [1.807, 2.05) is 0 Å². The molecule has 1 aliphatic heterocycles. The summed E-state index contributed by atoms with van der Waals surface area (Å²) in [7, 11) is 0. The Morgan fingerprint density at radius 3 is 2.22 bits per heavy atom. The van der Waals surface area contributed by atoms with Crippen LogP contribution in [0.1, 0.15) is 28.0 Å². The van der Waals surface area contributed by atoms with E-state index in [1.165, 1.54) is 28.5 Å². The number of aliphatic carboxylic acids is 1. The zero-order valence-corrected chi connectivity index (χ0v) is 23.5. The molecule has 0 radical (unpaired) electrons. The van der Waals surface area contributed by atoms with Gasteiger partial charge in [0.05, 0.1) is 27.5 Å². The highest BCUT2D eigenvalue weighted by Crippen LogP contribution is 2.40. The van der Waals surface area contributed by atoms with E-state index in [4.69, 9.17) is 17.3 Å². The number of alkyl halides is 6. The Labute approximate surface area is 245 Å². The van der Waals surface area contributed by atoms with E-state index in [0.29, 0.717) is 27.6 Å². The third-order valence-electron chi connectivity index (χ3n) is 5.52. The number of carbonyl (C=O) groups is 3. The van der Waals surface area contributed by atoms with Gasteiger partial charge in [-0.2, -0.15) is 26.3 Å². The number of rotatable bonds is 8. The van der Waals surface area contributed by atoms with Gasteiger partial charge in [0, 0.05) is 17.8 Å². The van der Waals surface area contributed by atoms with Crippen molar-refractivity contribution >= 4 is 79.8 Å². The number of halogens is 6. The molecule has 0 unspecified atom stereocenters. The molecule has 0 aliphatic carbocycles. The number of carbonyl (C=O) groups excluding carboxylic acids is 2. The lowest BCUT2D eigenvalue weighted by molar-refractivity contribution is -0.143. The minimum Gasteiger partial charge on any atom is -0.481 e. The molecule has 2 amide bonds. The highest BCUT2D eigenvalue weighted by atomic mass is 32.2. The van der Waals surface area contributed by atoms with E-state index in [0.717, 1.165) is 34.4 Å². The van der Waals surface area contributed by atoms with E-state index in [-0.39, 0.29) is 45.8 Å². The summed E-state index contributed by atoms with van der Waals surface area (Å²) >= 11 is 8.38. The number of nitrogens with zero attached hydrogens (tertiary/aromatic N) is 1. The van der Waals surface area contributed by atoms with Crippen LogP contribution in [0.4, 0.5) is 31.3 Å². The zero-order valence-electron chi connectivity index (χ0n) is 20.3. The van der Waals surface area contributed by atoms with E-state index in [9.17, 15) is 40.7 Å². The third-order valence-corrected chi connectivity index (χ3v) is 8.67. The van der Waals surface area contributed by atoms with Gasteiger partial charge in [-0.05, 0) is 63.9 Å². The van der Waals surface area contributed by atoms with Crippen LogP contribution in [0.15, 0.2) is 46.0 Å². The lowest BCUT2D eigenvalue weighted by Gasteiger charge is -2.13. The van der Waals surface area contributed by atoms with Crippen molar-refractivity contribution in [3.05, 3.63) is 67.6 Å². The summed E-state index contributed by atoms with van der Waals surface area (Å²) in [6.45, 7) is -0.0403. The molecule has 2 aromatic heterocycles. The second-order valence-corrected chi connectivity index (χ2v) is 12.1. The molecule has 0 saturated carbocycles. The maximum Gasteiger partial charge on any atom is 0.416 e. The normalized spacial score (nSPS) is 15.2. The highest BCUT2D eigenvalue weighted by Gasteiger charge is 2.37. The van der Waals surface area contributed by atoms with Crippen molar-refractivity contribution in [2.24, 2.45) is 0 Å². The van der Waals surface area contributed by atoms with Gasteiger partial charge in [-0.3, -0.25) is 19.3 Å². The van der Waals surface area contributed by atoms with Gasteiger partial charge >= 0.3 is 18.3 Å². The molecule has 0 spiro atoms. The summed E-state index contributed by atoms with van der Waals surface area (Å²) in [5.41, 5.74) is -2.49. The molecular weight excluding hydrogens is 635 g/mol. The zero-order chi connectivity index (χ0) is 30.1. The summed E-state index contributed by atoms with van der Waals surface area (Å²) < 4.78 is 79.6. The van der Waals surface area contributed by atoms with Crippen molar-refractivity contribution in [1.82, 2.24) is 4.90 Å². The maximum absolute atomic E-state index is 13.2. The minimum atomic E-state index is -4.98. The Bertz CT molecular complexity index is 1530. The number of thiocarbonyl (C=S) groups is 1. The van der Waals surface area contributed by atoms with Gasteiger partial charge in [0.2, 0.25) is 5.91 Å². The van der Waals surface area contributed by atoms with Gasteiger partial charge in [0.25, 0.3) is 5.91 Å².